The summed E-state index contributed by atoms with van der Waals surface area (Å²) in [5.74, 6) is 1.48. The number of methoxy groups -OCH3 is 2. The highest BCUT2D eigenvalue weighted by molar-refractivity contribution is 6.37. The lowest BCUT2D eigenvalue weighted by Gasteiger charge is -2.12. The molecule has 2 aromatic rings. The van der Waals surface area contributed by atoms with E-state index >= 15 is 0 Å². The number of carbonyl (C=O) groups is 1. The molecule has 7 heteroatoms. The number of carbonyl (C=O) groups excluding carboxylic acids is 1. The minimum absolute atomic E-state index is 0.249. The van der Waals surface area contributed by atoms with Crippen LogP contribution < -0.4 is 19.5 Å². The van der Waals surface area contributed by atoms with E-state index in [0.717, 1.165) is 12.0 Å². The first-order valence-corrected chi connectivity index (χ1v) is 9.36. The Kier molecular flexibility index (Phi) is 8.07. The van der Waals surface area contributed by atoms with Gasteiger partial charge in [-0.05, 0) is 42.7 Å². The Morgan fingerprint density at radius 1 is 1.04 bits per heavy atom. The molecule has 5 nitrogen and oxygen atoms in total. The summed E-state index contributed by atoms with van der Waals surface area (Å²) in [7, 11) is 3.18. The van der Waals surface area contributed by atoms with E-state index in [2.05, 4.69) is 5.32 Å². The van der Waals surface area contributed by atoms with Gasteiger partial charge in [-0.3, -0.25) is 4.79 Å². The molecule has 2 rings (SSSR count). The number of amides is 1. The molecule has 0 aliphatic heterocycles. The molecule has 146 valence electrons. The standard InChI is InChI=1S/C20H23Cl2NO4/c1-4-9-27-19-15(21)11-14(12-16(19)22)20(24)23-8-7-13-5-6-17(25-2)18(10-13)26-3/h5-6,10-12H,4,7-9H2,1-3H3,(H,23,24). The van der Waals surface area contributed by atoms with Gasteiger partial charge >= 0.3 is 0 Å². The van der Waals surface area contributed by atoms with Crippen LogP contribution in [0.2, 0.25) is 10.0 Å². The summed E-state index contributed by atoms with van der Waals surface area (Å²) in [6.45, 7) is 2.95. The SMILES string of the molecule is CCCOc1c(Cl)cc(C(=O)NCCc2ccc(OC)c(OC)c2)cc1Cl. The lowest BCUT2D eigenvalue weighted by molar-refractivity contribution is 0.0954. The summed E-state index contributed by atoms with van der Waals surface area (Å²) in [5, 5.41) is 3.50. The van der Waals surface area contributed by atoms with Gasteiger partial charge in [0.25, 0.3) is 5.91 Å². The number of nitrogens with one attached hydrogen (secondary N) is 1. The van der Waals surface area contributed by atoms with Crippen LogP contribution in [0.3, 0.4) is 0 Å². The number of benzene rings is 2. The van der Waals surface area contributed by atoms with Crippen LogP contribution in [0, 0.1) is 0 Å². The fraction of sp³-hybridized carbons (Fsp3) is 0.350. The molecular formula is C20H23Cl2NO4. The van der Waals surface area contributed by atoms with Gasteiger partial charge in [0, 0.05) is 12.1 Å². The van der Waals surface area contributed by atoms with Gasteiger partial charge in [0.1, 0.15) is 0 Å². The second-order valence-electron chi connectivity index (χ2n) is 5.81. The van der Waals surface area contributed by atoms with Crippen LogP contribution in [0.15, 0.2) is 30.3 Å². The molecule has 0 aromatic heterocycles. The molecule has 1 amide bonds. The van der Waals surface area contributed by atoms with Crippen molar-refractivity contribution in [2.45, 2.75) is 19.8 Å². The van der Waals surface area contributed by atoms with Crippen LogP contribution in [-0.2, 0) is 6.42 Å². The maximum Gasteiger partial charge on any atom is 0.251 e. The topological polar surface area (TPSA) is 56.8 Å². The second kappa shape index (κ2) is 10.3. The third-order valence-corrected chi connectivity index (χ3v) is 4.42. The number of hydrogen-bond donors (Lipinski definition) is 1. The van der Waals surface area contributed by atoms with Crippen molar-refractivity contribution < 1.29 is 19.0 Å². The smallest absolute Gasteiger partial charge is 0.251 e. The molecule has 0 saturated heterocycles. The Hall–Kier alpha value is -2.11. The predicted molar refractivity (Wildman–Crippen MR) is 108 cm³/mol. The van der Waals surface area contributed by atoms with Crippen molar-refractivity contribution in [2.24, 2.45) is 0 Å². The Balaban J connectivity index is 1.98. The van der Waals surface area contributed by atoms with E-state index in [4.69, 9.17) is 37.4 Å². The molecule has 27 heavy (non-hydrogen) atoms. The molecule has 0 fully saturated rings. The third kappa shape index (κ3) is 5.68. The van der Waals surface area contributed by atoms with Gasteiger partial charge in [0.2, 0.25) is 0 Å². The highest BCUT2D eigenvalue weighted by Crippen LogP contribution is 2.34. The average Bonchev–Trinajstić information content (AvgIpc) is 2.67. The molecule has 0 saturated carbocycles. The Morgan fingerprint density at radius 2 is 1.70 bits per heavy atom. The number of hydrogen-bond acceptors (Lipinski definition) is 4. The minimum Gasteiger partial charge on any atom is -0.493 e. The first kappa shape index (κ1) is 21.2. The van der Waals surface area contributed by atoms with E-state index in [1.165, 1.54) is 0 Å². The van der Waals surface area contributed by atoms with Gasteiger partial charge < -0.3 is 19.5 Å². The highest BCUT2D eigenvalue weighted by Gasteiger charge is 2.14. The summed E-state index contributed by atoms with van der Waals surface area (Å²) in [4.78, 5) is 12.4. The van der Waals surface area contributed by atoms with Gasteiger partial charge in [-0.25, -0.2) is 0 Å². The zero-order chi connectivity index (χ0) is 19.8. The van der Waals surface area contributed by atoms with Crippen molar-refractivity contribution in [3.05, 3.63) is 51.5 Å². The van der Waals surface area contributed by atoms with Crippen molar-refractivity contribution >= 4 is 29.1 Å². The molecular weight excluding hydrogens is 389 g/mol. The molecule has 0 aliphatic rings. The molecule has 0 radical (unpaired) electrons. The first-order valence-electron chi connectivity index (χ1n) is 8.61. The van der Waals surface area contributed by atoms with Crippen LogP contribution in [0.4, 0.5) is 0 Å². The fourth-order valence-corrected chi connectivity index (χ4v) is 3.09. The normalized spacial score (nSPS) is 10.4. The van der Waals surface area contributed by atoms with Crippen molar-refractivity contribution in [1.82, 2.24) is 5.32 Å². The quantitative estimate of drug-likeness (QED) is 0.645. The van der Waals surface area contributed by atoms with Crippen LogP contribution in [0.25, 0.3) is 0 Å². The molecule has 0 heterocycles. The Bertz CT molecular complexity index is 773. The summed E-state index contributed by atoms with van der Waals surface area (Å²) in [6, 6.07) is 8.78. The first-order chi connectivity index (χ1) is 13.0. The van der Waals surface area contributed by atoms with Gasteiger partial charge in [-0.15, -0.1) is 0 Å². The Morgan fingerprint density at radius 3 is 2.30 bits per heavy atom. The van der Waals surface area contributed by atoms with E-state index in [0.29, 0.717) is 52.4 Å². The van der Waals surface area contributed by atoms with Gasteiger partial charge in [-0.2, -0.15) is 0 Å². The average molecular weight is 412 g/mol. The van der Waals surface area contributed by atoms with E-state index < -0.39 is 0 Å². The van der Waals surface area contributed by atoms with Gasteiger partial charge in [-0.1, -0.05) is 36.2 Å². The zero-order valence-corrected chi connectivity index (χ0v) is 17.1. The Labute approximate surface area is 169 Å². The van der Waals surface area contributed by atoms with Crippen molar-refractivity contribution in [3.8, 4) is 17.2 Å². The van der Waals surface area contributed by atoms with E-state index in [1.807, 2.05) is 25.1 Å². The predicted octanol–water partition coefficient (Wildman–Crippen LogP) is 4.77. The third-order valence-electron chi connectivity index (χ3n) is 3.86. The molecule has 0 atom stereocenters. The molecule has 0 unspecified atom stereocenters. The van der Waals surface area contributed by atoms with E-state index in [9.17, 15) is 4.79 Å². The molecule has 2 aromatic carbocycles. The zero-order valence-electron chi connectivity index (χ0n) is 15.6. The summed E-state index contributed by atoms with van der Waals surface area (Å²) < 4.78 is 16.0. The number of rotatable bonds is 9. The van der Waals surface area contributed by atoms with Crippen LogP contribution in [0.5, 0.6) is 17.2 Å². The molecule has 0 spiro atoms. The van der Waals surface area contributed by atoms with Gasteiger partial charge in [0.05, 0.1) is 30.9 Å². The molecule has 1 N–H and O–H groups in total. The van der Waals surface area contributed by atoms with Crippen molar-refractivity contribution in [3.63, 3.8) is 0 Å². The monoisotopic (exact) mass is 411 g/mol. The summed E-state index contributed by atoms with van der Waals surface area (Å²) in [5.41, 5.74) is 1.41. The number of ether oxygens (including phenoxy) is 3. The maximum absolute atomic E-state index is 12.4. The van der Waals surface area contributed by atoms with E-state index in [1.54, 1.807) is 26.4 Å². The second-order valence-corrected chi connectivity index (χ2v) is 6.63. The van der Waals surface area contributed by atoms with Crippen molar-refractivity contribution in [1.29, 1.82) is 0 Å². The van der Waals surface area contributed by atoms with Gasteiger partial charge in [0.15, 0.2) is 17.2 Å². The van der Waals surface area contributed by atoms with Crippen LogP contribution >= 0.6 is 23.2 Å². The lowest BCUT2D eigenvalue weighted by atomic mass is 10.1. The highest BCUT2D eigenvalue weighted by atomic mass is 35.5. The summed E-state index contributed by atoms with van der Waals surface area (Å²) >= 11 is 12.4. The number of halogens is 2. The summed E-state index contributed by atoms with van der Waals surface area (Å²) in [6.07, 6.45) is 1.48. The molecule has 0 bridgehead atoms. The minimum atomic E-state index is -0.249. The lowest BCUT2D eigenvalue weighted by Crippen LogP contribution is -2.25. The van der Waals surface area contributed by atoms with Crippen LogP contribution in [-0.4, -0.2) is 33.3 Å². The molecule has 0 aliphatic carbocycles. The van der Waals surface area contributed by atoms with Crippen molar-refractivity contribution in [2.75, 3.05) is 27.4 Å². The largest absolute Gasteiger partial charge is 0.493 e. The fourth-order valence-electron chi connectivity index (χ4n) is 2.49. The van der Waals surface area contributed by atoms with E-state index in [-0.39, 0.29) is 5.91 Å². The maximum atomic E-state index is 12.4. The van der Waals surface area contributed by atoms with Crippen LogP contribution in [0.1, 0.15) is 29.3 Å².